The Balaban J connectivity index is 2.21. The van der Waals surface area contributed by atoms with Crippen LogP contribution in [0.4, 0.5) is 0 Å². The number of hydrogen-bond acceptors (Lipinski definition) is 2. The van der Waals surface area contributed by atoms with Crippen LogP contribution in [0.3, 0.4) is 0 Å². The zero-order valence-corrected chi connectivity index (χ0v) is 12.1. The predicted octanol–water partition coefficient (Wildman–Crippen LogP) is 4.71. The van der Waals surface area contributed by atoms with Crippen molar-refractivity contribution >= 4 is 39.3 Å². The molecule has 0 unspecified atom stereocenters. The van der Waals surface area contributed by atoms with Gasteiger partial charge in [-0.15, -0.1) is 0 Å². The van der Waals surface area contributed by atoms with Crippen molar-refractivity contribution in [1.82, 2.24) is 0 Å². The minimum absolute atomic E-state index is 0.517. The van der Waals surface area contributed by atoms with Gasteiger partial charge in [0, 0.05) is 20.8 Å². The van der Waals surface area contributed by atoms with Crippen molar-refractivity contribution in [3.8, 4) is 0 Å². The fourth-order valence-electron chi connectivity index (χ4n) is 1.38. The normalized spacial score (nSPS) is 10.5. The summed E-state index contributed by atoms with van der Waals surface area (Å²) in [6, 6.07) is 14.1. The van der Waals surface area contributed by atoms with Crippen LogP contribution in [0.2, 0.25) is 5.02 Å². The Kier molecular flexibility index (Phi) is 4.51. The van der Waals surface area contributed by atoms with E-state index in [2.05, 4.69) is 28.1 Å². The van der Waals surface area contributed by atoms with E-state index in [0.29, 0.717) is 6.54 Å². The van der Waals surface area contributed by atoms with Crippen LogP contribution < -0.4 is 5.73 Å². The van der Waals surface area contributed by atoms with Crippen LogP contribution >= 0.6 is 39.3 Å². The molecule has 0 saturated heterocycles. The summed E-state index contributed by atoms with van der Waals surface area (Å²) in [6.07, 6.45) is 0. The molecule has 0 aliphatic heterocycles. The van der Waals surface area contributed by atoms with Crippen molar-refractivity contribution in [2.45, 2.75) is 16.3 Å². The lowest BCUT2D eigenvalue weighted by atomic mass is 10.2. The smallest absolute Gasteiger partial charge is 0.0548 e. The van der Waals surface area contributed by atoms with Gasteiger partial charge in [0.25, 0.3) is 0 Å². The molecule has 88 valence electrons. The molecule has 2 aromatic carbocycles. The third-order valence-corrected chi connectivity index (χ3v) is 4.31. The zero-order valence-electron chi connectivity index (χ0n) is 8.99. The van der Waals surface area contributed by atoms with Crippen LogP contribution in [0.25, 0.3) is 0 Å². The average Bonchev–Trinajstić information content (AvgIpc) is 2.34. The van der Waals surface area contributed by atoms with E-state index in [9.17, 15) is 0 Å². The van der Waals surface area contributed by atoms with E-state index in [0.717, 1.165) is 24.8 Å². The molecule has 0 spiro atoms. The predicted molar refractivity (Wildman–Crippen MR) is 77.6 cm³/mol. The van der Waals surface area contributed by atoms with Gasteiger partial charge in [-0.25, -0.2) is 0 Å². The molecular formula is C13H11BrClNS. The maximum Gasteiger partial charge on any atom is 0.0548 e. The molecule has 17 heavy (non-hydrogen) atoms. The monoisotopic (exact) mass is 327 g/mol. The number of nitrogens with two attached hydrogens (primary N) is 1. The molecule has 4 heteroatoms. The Morgan fingerprint density at radius 2 is 1.82 bits per heavy atom. The molecule has 0 saturated carbocycles. The van der Waals surface area contributed by atoms with E-state index in [1.54, 1.807) is 11.8 Å². The van der Waals surface area contributed by atoms with Crippen molar-refractivity contribution < 1.29 is 0 Å². The minimum Gasteiger partial charge on any atom is -0.326 e. The van der Waals surface area contributed by atoms with Crippen molar-refractivity contribution in [2.24, 2.45) is 5.73 Å². The summed E-state index contributed by atoms with van der Waals surface area (Å²) in [5, 5.41) is 0.751. The largest absolute Gasteiger partial charge is 0.326 e. The van der Waals surface area contributed by atoms with E-state index >= 15 is 0 Å². The van der Waals surface area contributed by atoms with Gasteiger partial charge >= 0.3 is 0 Å². The highest BCUT2D eigenvalue weighted by atomic mass is 79.9. The Morgan fingerprint density at radius 3 is 2.41 bits per heavy atom. The number of hydrogen-bond donors (Lipinski definition) is 1. The molecule has 0 aliphatic carbocycles. The molecule has 0 amide bonds. The van der Waals surface area contributed by atoms with Gasteiger partial charge in [-0.2, -0.15) is 0 Å². The summed E-state index contributed by atoms with van der Waals surface area (Å²) in [4.78, 5) is 2.21. The molecule has 0 radical (unpaired) electrons. The van der Waals surface area contributed by atoms with Gasteiger partial charge in [-0.05, 0) is 42.0 Å². The summed E-state index contributed by atoms with van der Waals surface area (Å²) in [5.74, 6) is 0. The molecule has 0 bridgehead atoms. The maximum atomic E-state index is 6.20. The second kappa shape index (κ2) is 5.91. The van der Waals surface area contributed by atoms with Crippen molar-refractivity contribution in [3.63, 3.8) is 0 Å². The molecule has 2 N–H and O–H groups in total. The molecule has 0 heterocycles. The quantitative estimate of drug-likeness (QED) is 0.883. The fraction of sp³-hybridized carbons (Fsp3) is 0.0769. The van der Waals surface area contributed by atoms with E-state index in [4.69, 9.17) is 17.3 Å². The maximum absolute atomic E-state index is 6.20. The minimum atomic E-state index is 0.517. The third kappa shape index (κ3) is 3.49. The number of rotatable bonds is 3. The lowest BCUT2D eigenvalue weighted by molar-refractivity contribution is 1.07. The lowest BCUT2D eigenvalue weighted by Gasteiger charge is -2.06. The highest BCUT2D eigenvalue weighted by Crippen LogP contribution is 2.34. The molecule has 2 aromatic rings. The summed E-state index contributed by atoms with van der Waals surface area (Å²) in [5.41, 5.74) is 6.62. The standard InChI is InChI=1S/C13H11BrClNS/c14-10-2-4-11(5-3-10)17-13-6-1-9(8-16)7-12(13)15/h1-7H,8,16H2. The van der Waals surface area contributed by atoms with E-state index in [-0.39, 0.29) is 0 Å². The molecular weight excluding hydrogens is 318 g/mol. The first-order valence-corrected chi connectivity index (χ1v) is 7.09. The van der Waals surface area contributed by atoms with Gasteiger partial charge in [-0.3, -0.25) is 0 Å². The first-order chi connectivity index (χ1) is 8.19. The zero-order chi connectivity index (χ0) is 12.3. The van der Waals surface area contributed by atoms with E-state index < -0.39 is 0 Å². The van der Waals surface area contributed by atoms with Gasteiger partial charge in [0.1, 0.15) is 0 Å². The van der Waals surface area contributed by atoms with Crippen LogP contribution in [-0.2, 0) is 6.54 Å². The van der Waals surface area contributed by atoms with Gasteiger partial charge < -0.3 is 5.73 Å². The topological polar surface area (TPSA) is 26.0 Å². The first kappa shape index (κ1) is 13.0. The molecule has 0 fully saturated rings. The number of halogens is 2. The van der Waals surface area contributed by atoms with E-state index in [1.165, 1.54) is 0 Å². The summed E-state index contributed by atoms with van der Waals surface area (Å²) >= 11 is 11.3. The Hall–Kier alpha value is -0.480. The van der Waals surface area contributed by atoms with E-state index in [1.807, 2.05) is 30.3 Å². The van der Waals surface area contributed by atoms with Crippen LogP contribution in [-0.4, -0.2) is 0 Å². The van der Waals surface area contributed by atoms with Crippen LogP contribution in [0.1, 0.15) is 5.56 Å². The summed E-state index contributed by atoms with van der Waals surface area (Å²) in [7, 11) is 0. The second-order valence-electron chi connectivity index (χ2n) is 3.52. The Bertz CT molecular complexity index is 513. The molecule has 0 aromatic heterocycles. The Labute approximate surface area is 118 Å². The van der Waals surface area contributed by atoms with Gasteiger partial charge in [0.2, 0.25) is 0 Å². The van der Waals surface area contributed by atoms with Crippen molar-refractivity contribution in [2.75, 3.05) is 0 Å². The van der Waals surface area contributed by atoms with Gasteiger partial charge in [-0.1, -0.05) is 45.4 Å². The van der Waals surface area contributed by atoms with Crippen molar-refractivity contribution in [1.29, 1.82) is 0 Å². The van der Waals surface area contributed by atoms with Crippen molar-refractivity contribution in [3.05, 3.63) is 57.5 Å². The molecule has 2 rings (SSSR count). The van der Waals surface area contributed by atoms with Gasteiger partial charge in [0.15, 0.2) is 0 Å². The molecule has 1 nitrogen and oxygen atoms in total. The van der Waals surface area contributed by atoms with Gasteiger partial charge in [0.05, 0.1) is 5.02 Å². The SMILES string of the molecule is NCc1ccc(Sc2ccc(Br)cc2)c(Cl)c1. The molecule has 0 atom stereocenters. The lowest BCUT2D eigenvalue weighted by Crippen LogP contribution is -1.95. The highest BCUT2D eigenvalue weighted by molar-refractivity contribution is 9.10. The third-order valence-electron chi connectivity index (χ3n) is 2.27. The summed E-state index contributed by atoms with van der Waals surface area (Å²) < 4.78 is 1.08. The summed E-state index contributed by atoms with van der Waals surface area (Å²) in [6.45, 7) is 0.517. The Morgan fingerprint density at radius 1 is 1.12 bits per heavy atom. The second-order valence-corrected chi connectivity index (χ2v) is 5.96. The first-order valence-electron chi connectivity index (χ1n) is 5.11. The van der Waals surface area contributed by atoms with Crippen LogP contribution in [0, 0.1) is 0 Å². The molecule has 0 aliphatic rings. The number of benzene rings is 2. The average molecular weight is 329 g/mol. The van der Waals surface area contributed by atoms with Crippen LogP contribution in [0.15, 0.2) is 56.7 Å². The van der Waals surface area contributed by atoms with Crippen LogP contribution in [0.5, 0.6) is 0 Å². The highest BCUT2D eigenvalue weighted by Gasteiger charge is 2.03. The fourth-order valence-corrected chi connectivity index (χ4v) is 2.79.